The van der Waals surface area contributed by atoms with Crippen molar-refractivity contribution in [1.82, 2.24) is 15.0 Å². The maximum atomic E-state index is 10.9. The molecule has 0 unspecified atom stereocenters. The molecule has 0 aromatic carbocycles. The normalized spacial score (nSPS) is 10.4. The molecule has 0 radical (unpaired) electrons. The van der Waals surface area contributed by atoms with E-state index in [1.807, 2.05) is 0 Å². The van der Waals surface area contributed by atoms with Gasteiger partial charge in [0, 0.05) is 0 Å². The number of aromatic carboxylic acids is 1. The topological polar surface area (TPSA) is 124 Å². The quantitative estimate of drug-likeness (QED) is 0.752. The van der Waals surface area contributed by atoms with E-state index >= 15 is 0 Å². The van der Waals surface area contributed by atoms with Gasteiger partial charge >= 0.3 is 5.97 Å². The second-order valence-corrected chi connectivity index (χ2v) is 3.19. The van der Waals surface area contributed by atoms with E-state index in [0.29, 0.717) is 0 Å². The Bertz CT molecular complexity index is 558. The first-order chi connectivity index (χ1) is 8.09. The predicted octanol–water partition coefficient (Wildman–Crippen LogP) is -0.278. The molecule has 0 fully saturated rings. The van der Waals surface area contributed by atoms with Gasteiger partial charge in [0.2, 0.25) is 11.6 Å². The summed E-state index contributed by atoms with van der Waals surface area (Å²) in [4.78, 5) is 21.8. The third-order valence-electron chi connectivity index (χ3n) is 2.00. The van der Waals surface area contributed by atoms with E-state index in [4.69, 9.17) is 15.3 Å². The lowest BCUT2D eigenvalue weighted by Gasteiger charge is -2.01. The molecule has 2 aromatic heterocycles. The molecule has 8 heteroatoms. The van der Waals surface area contributed by atoms with E-state index in [-0.39, 0.29) is 23.7 Å². The van der Waals surface area contributed by atoms with E-state index in [1.165, 1.54) is 6.26 Å². The average molecular weight is 236 g/mol. The molecular weight excluding hydrogens is 228 g/mol. The van der Waals surface area contributed by atoms with Gasteiger partial charge in [-0.3, -0.25) is 4.79 Å². The van der Waals surface area contributed by atoms with Crippen molar-refractivity contribution in [2.24, 2.45) is 5.73 Å². The van der Waals surface area contributed by atoms with Crippen molar-refractivity contribution in [3.63, 3.8) is 0 Å². The van der Waals surface area contributed by atoms with Crippen LogP contribution >= 0.6 is 0 Å². The van der Waals surface area contributed by atoms with Gasteiger partial charge in [-0.05, 0) is 12.1 Å². The summed E-state index contributed by atoms with van der Waals surface area (Å²) < 4.78 is 6.16. The first-order valence-electron chi connectivity index (χ1n) is 4.58. The van der Waals surface area contributed by atoms with Crippen molar-refractivity contribution in [2.75, 3.05) is 0 Å². The standard InChI is InChI=1S/C9H8N4O4/c10-6(14)4-13-8(5-2-1-3-17-5)7(9(15)16)11-12-13/h1-3H,4H2,(H2,10,14)(H,15,16). The van der Waals surface area contributed by atoms with Crippen molar-refractivity contribution in [3.05, 3.63) is 24.1 Å². The molecule has 2 rings (SSSR count). The first-order valence-corrected chi connectivity index (χ1v) is 4.58. The van der Waals surface area contributed by atoms with Gasteiger partial charge in [-0.25, -0.2) is 9.48 Å². The summed E-state index contributed by atoms with van der Waals surface area (Å²) in [5.74, 6) is -1.65. The lowest BCUT2D eigenvalue weighted by atomic mass is 10.2. The van der Waals surface area contributed by atoms with E-state index in [0.717, 1.165) is 4.68 Å². The zero-order valence-electron chi connectivity index (χ0n) is 8.53. The fraction of sp³-hybridized carbons (Fsp3) is 0.111. The maximum Gasteiger partial charge on any atom is 0.358 e. The molecule has 0 bridgehead atoms. The minimum absolute atomic E-state index is 0.112. The third-order valence-corrected chi connectivity index (χ3v) is 2.00. The van der Waals surface area contributed by atoms with Gasteiger partial charge in [0.05, 0.1) is 6.26 Å². The number of primary amides is 1. The Morgan fingerprint density at radius 2 is 2.29 bits per heavy atom. The third kappa shape index (κ3) is 2.00. The summed E-state index contributed by atoms with van der Waals surface area (Å²) >= 11 is 0. The van der Waals surface area contributed by atoms with Crippen LogP contribution in [-0.2, 0) is 11.3 Å². The van der Waals surface area contributed by atoms with Crippen LogP contribution in [-0.4, -0.2) is 32.0 Å². The highest BCUT2D eigenvalue weighted by atomic mass is 16.4. The zero-order chi connectivity index (χ0) is 12.4. The number of carboxylic acids is 1. The lowest BCUT2D eigenvalue weighted by Crippen LogP contribution is -2.20. The SMILES string of the molecule is NC(=O)Cn1nnc(C(=O)O)c1-c1ccco1. The second kappa shape index (κ2) is 4.08. The first kappa shape index (κ1) is 10.9. The predicted molar refractivity (Wildman–Crippen MR) is 53.9 cm³/mol. The van der Waals surface area contributed by atoms with E-state index < -0.39 is 11.9 Å². The molecule has 0 aliphatic carbocycles. The van der Waals surface area contributed by atoms with Gasteiger partial charge in [0.15, 0.2) is 5.76 Å². The molecule has 0 aliphatic rings. The van der Waals surface area contributed by atoms with Gasteiger partial charge in [-0.2, -0.15) is 0 Å². The Morgan fingerprint density at radius 1 is 1.53 bits per heavy atom. The second-order valence-electron chi connectivity index (χ2n) is 3.19. The summed E-state index contributed by atoms with van der Waals surface area (Å²) in [7, 11) is 0. The molecular formula is C9H8N4O4. The molecule has 17 heavy (non-hydrogen) atoms. The molecule has 0 spiro atoms. The van der Waals surface area contributed by atoms with Crippen LogP contribution in [0.5, 0.6) is 0 Å². The average Bonchev–Trinajstić information content (AvgIpc) is 2.83. The summed E-state index contributed by atoms with van der Waals surface area (Å²) in [5, 5.41) is 16.0. The number of rotatable bonds is 4. The monoisotopic (exact) mass is 236 g/mol. The van der Waals surface area contributed by atoms with Crippen LogP contribution in [0.3, 0.4) is 0 Å². The number of aromatic nitrogens is 3. The summed E-state index contributed by atoms with van der Waals surface area (Å²) in [6.07, 6.45) is 1.38. The number of furan rings is 1. The van der Waals surface area contributed by atoms with Crippen molar-refractivity contribution in [1.29, 1.82) is 0 Å². The fourth-order valence-corrected chi connectivity index (χ4v) is 1.37. The van der Waals surface area contributed by atoms with Crippen LogP contribution in [0, 0.1) is 0 Å². The summed E-state index contributed by atoms with van der Waals surface area (Å²) in [5.41, 5.74) is 4.85. The highest BCUT2D eigenvalue weighted by molar-refractivity contribution is 5.92. The molecule has 2 heterocycles. The zero-order valence-corrected chi connectivity index (χ0v) is 8.53. The van der Waals surface area contributed by atoms with Crippen LogP contribution < -0.4 is 5.73 Å². The highest BCUT2D eigenvalue weighted by Gasteiger charge is 2.23. The number of carbonyl (C=O) groups excluding carboxylic acids is 1. The molecule has 1 amide bonds. The number of carboxylic acid groups (broad SMARTS) is 1. The molecule has 0 atom stereocenters. The van der Waals surface area contributed by atoms with Crippen molar-refractivity contribution in [2.45, 2.75) is 6.54 Å². The Hall–Kier alpha value is -2.64. The molecule has 0 saturated heterocycles. The van der Waals surface area contributed by atoms with Crippen LogP contribution in [0.15, 0.2) is 22.8 Å². The highest BCUT2D eigenvalue weighted by Crippen LogP contribution is 2.22. The Balaban J connectivity index is 2.55. The van der Waals surface area contributed by atoms with Gasteiger partial charge < -0.3 is 15.3 Å². The Labute approximate surface area is 94.6 Å². The van der Waals surface area contributed by atoms with E-state index in [2.05, 4.69) is 10.3 Å². The van der Waals surface area contributed by atoms with Gasteiger partial charge in [-0.1, -0.05) is 5.21 Å². The molecule has 3 N–H and O–H groups in total. The maximum absolute atomic E-state index is 10.9. The smallest absolute Gasteiger partial charge is 0.358 e. The fourth-order valence-electron chi connectivity index (χ4n) is 1.37. The van der Waals surface area contributed by atoms with E-state index in [1.54, 1.807) is 12.1 Å². The summed E-state index contributed by atoms with van der Waals surface area (Å²) in [6.45, 7) is -0.268. The van der Waals surface area contributed by atoms with Crippen LogP contribution in [0.1, 0.15) is 10.5 Å². The number of carbonyl (C=O) groups is 2. The van der Waals surface area contributed by atoms with Crippen molar-refractivity contribution < 1.29 is 19.1 Å². The van der Waals surface area contributed by atoms with Crippen LogP contribution in [0.2, 0.25) is 0 Å². The van der Waals surface area contributed by atoms with Crippen molar-refractivity contribution in [3.8, 4) is 11.5 Å². The van der Waals surface area contributed by atoms with Crippen LogP contribution in [0.4, 0.5) is 0 Å². The molecule has 8 nitrogen and oxygen atoms in total. The molecule has 0 saturated carbocycles. The lowest BCUT2D eigenvalue weighted by molar-refractivity contribution is -0.118. The Morgan fingerprint density at radius 3 is 2.82 bits per heavy atom. The Kier molecular flexibility index (Phi) is 2.61. The van der Waals surface area contributed by atoms with Gasteiger partial charge in [-0.15, -0.1) is 5.10 Å². The molecule has 0 aliphatic heterocycles. The van der Waals surface area contributed by atoms with Gasteiger partial charge in [0.25, 0.3) is 0 Å². The number of nitrogens with two attached hydrogens (primary N) is 1. The number of amides is 1. The molecule has 88 valence electrons. The largest absolute Gasteiger partial charge is 0.476 e. The van der Waals surface area contributed by atoms with E-state index in [9.17, 15) is 9.59 Å². The van der Waals surface area contributed by atoms with Gasteiger partial charge in [0.1, 0.15) is 12.2 Å². The van der Waals surface area contributed by atoms with Crippen LogP contribution in [0.25, 0.3) is 11.5 Å². The number of hydrogen-bond donors (Lipinski definition) is 2. The number of hydrogen-bond acceptors (Lipinski definition) is 5. The van der Waals surface area contributed by atoms with Crippen molar-refractivity contribution >= 4 is 11.9 Å². The minimum Gasteiger partial charge on any atom is -0.476 e. The molecule has 2 aromatic rings. The summed E-state index contributed by atoms with van der Waals surface area (Å²) in [6, 6.07) is 3.13. The number of nitrogens with zero attached hydrogens (tertiary/aromatic N) is 3. The minimum atomic E-state index is -1.26.